The molecule has 1 N–H and O–H groups in total. The zero-order chi connectivity index (χ0) is 22.4. The third kappa shape index (κ3) is 7.34. The van der Waals surface area contributed by atoms with Gasteiger partial charge in [-0.05, 0) is 26.7 Å². The largest absolute Gasteiger partial charge is 0.403 e. The molecule has 1 unspecified atom stereocenters. The molecule has 0 spiro atoms. The van der Waals surface area contributed by atoms with E-state index in [1.807, 2.05) is 11.8 Å². The molecule has 0 aromatic rings. The second-order valence-corrected chi connectivity index (χ2v) is 8.77. The molecule has 0 radical (unpaired) electrons. The number of hydrogen-bond donors (Lipinski definition) is 1. The molecule has 3 aliphatic rings. The lowest BCUT2D eigenvalue weighted by molar-refractivity contribution is -0.181. The number of carbonyl (C=O) groups is 1. The van der Waals surface area contributed by atoms with E-state index in [9.17, 15) is 18.0 Å². The maximum absolute atomic E-state index is 13.0. The molecule has 0 aromatic carbocycles. The first-order chi connectivity index (χ1) is 14.8. The molecule has 1 atom stereocenters. The molecule has 2 saturated heterocycles. The number of carbonyl (C=O) groups excluding carboxylic acids is 1. The summed E-state index contributed by atoms with van der Waals surface area (Å²) in [5.74, 6) is 1.37. The van der Waals surface area contributed by atoms with Crippen LogP contribution in [0, 0.1) is 5.92 Å². The van der Waals surface area contributed by atoms with Crippen LogP contribution < -0.4 is 5.32 Å². The highest BCUT2D eigenvalue weighted by Gasteiger charge is 2.41. The Labute approximate surface area is 206 Å². The Balaban J connectivity index is 0.00000363. The maximum atomic E-state index is 13.0. The monoisotopic (exact) mass is 574 g/mol. The van der Waals surface area contributed by atoms with Gasteiger partial charge >= 0.3 is 6.18 Å². The number of guanidine groups is 1. The van der Waals surface area contributed by atoms with Gasteiger partial charge in [-0.15, -0.1) is 24.0 Å². The van der Waals surface area contributed by atoms with Crippen molar-refractivity contribution in [2.45, 2.75) is 45.3 Å². The summed E-state index contributed by atoms with van der Waals surface area (Å²) in [5.41, 5.74) is 0. The van der Waals surface area contributed by atoms with Gasteiger partial charge in [0.05, 0.1) is 6.54 Å². The number of amides is 1. The molecular formula is C21H38F3IN6O. The third-order valence-corrected chi connectivity index (χ3v) is 6.79. The van der Waals surface area contributed by atoms with Crippen molar-refractivity contribution in [3.8, 4) is 0 Å². The van der Waals surface area contributed by atoms with Crippen LogP contribution in [0.2, 0.25) is 0 Å². The van der Waals surface area contributed by atoms with Crippen LogP contribution in [0.3, 0.4) is 0 Å². The summed E-state index contributed by atoms with van der Waals surface area (Å²) in [6, 6.07) is -1.41. The van der Waals surface area contributed by atoms with Gasteiger partial charge in [-0.2, -0.15) is 13.2 Å². The molecule has 0 bridgehead atoms. The third-order valence-electron chi connectivity index (χ3n) is 6.79. The van der Waals surface area contributed by atoms with Crippen LogP contribution in [0.5, 0.6) is 0 Å². The van der Waals surface area contributed by atoms with Gasteiger partial charge in [0.2, 0.25) is 5.91 Å². The smallest absolute Gasteiger partial charge is 0.357 e. The van der Waals surface area contributed by atoms with Gasteiger partial charge in [0.1, 0.15) is 6.04 Å². The highest BCUT2D eigenvalue weighted by molar-refractivity contribution is 14.0. The Morgan fingerprint density at radius 1 is 1.03 bits per heavy atom. The predicted octanol–water partition coefficient (Wildman–Crippen LogP) is 2.08. The van der Waals surface area contributed by atoms with E-state index in [1.165, 1.54) is 18.2 Å². The van der Waals surface area contributed by atoms with Crippen molar-refractivity contribution in [2.24, 2.45) is 10.9 Å². The zero-order valence-corrected chi connectivity index (χ0v) is 21.6. The lowest BCUT2D eigenvalue weighted by atomic mass is 9.84. The number of rotatable bonds is 6. The summed E-state index contributed by atoms with van der Waals surface area (Å²) in [5, 5.41) is 3.28. The molecule has 7 nitrogen and oxygen atoms in total. The van der Waals surface area contributed by atoms with Gasteiger partial charge in [0.15, 0.2) is 5.96 Å². The average molecular weight is 574 g/mol. The standard InChI is InChI=1S/C21H37F3N6O.HI/c1-3-25-20(30-15-13-28(14-16-30)17(2)21(22,23)24)26-7-8-27-9-11-29(12-10-27)19(31)18-5-4-6-18;/h17-18H,3-16H2,1-2H3,(H,25,26);1H. The number of alkyl halides is 3. The quantitative estimate of drug-likeness (QED) is 0.299. The highest BCUT2D eigenvalue weighted by atomic mass is 127. The van der Waals surface area contributed by atoms with Crippen LogP contribution in [0.25, 0.3) is 0 Å². The summed E-state index contributed by atoms with van der Waals surface area (Å²) >= 11 is 0. The van der Waals surface area contributed by atoms with Gasteiger partial charge in [-0.1, -0.05) is 6.42 Å². The Kier molecular flexibility index (Phi) is 10.8. The molecule has 3 rings (SSSR count). The average Bonchev–Trinajstić information content (AvgIpc) is 2.71. The number of piperazine rings is 2. The molecule has 2 aliphatic heterocycles. The second kappa shape index (κ2) is 12.6. The predicted molar refractivity (Wildman–Crippen MR) is 130 cm³/mol. The van der Waals surface area contributed by atoms with E-state index >= 15 is 0 Å². The zero-order valence-electron chi connectivity index (χ0n) is 19.2. The van der Waals surface area contributed by atoms with Gasteiger partial charge in [0.25, 0.3) is 0 Å². The van der Waals surface area contributed by atoms with Crippen molar-refractivity contribution in [1.82, 2.24) is 24.9 Å². The molecule has 32 heavy (non-hydrogen) atoms. The highest BCUT2D eigenvalue weighted by Crippen LogP contribution is 2.28. The van der Waals surface area contributed by atoms with Gasteiger partial charge in [0, 0.05) is 71.4 Å². The van der Waals surface area contributed by atoms with Crippen molar-refractivity contribution < 1.29 is 18.0 Å². The molecule has 0 aromatic heterocycles. The maximum Gasteiger partial charge on any atom is 0.403 e. The van der Waals surface area contributed by atoms with Crippen LogP contribution in [-0.2, 0) is 4.79 Å². The van der Waals surface area contributed by atoms with E-state index in [4.69, 9.17) is 4.99 Å². The minimum Gasteiger partial charge on any atom is -0.357 e. The minimum atomic E-state index is -4.19. The molecule has 186 valence electrons. The number of hydrogen-bond acceptors (Lipinski definition) is 4. The first kappa shape index (κ1) is 27.4. The van der Waals surface area contributed by atoms with Crippen molar-refractivity contribution in [3.05, 3.63) is 0 Å². The van der Waals surface area contributed by atoms with Crippen molar-refractivity contribution in [1.29, 1.82) is 0 Å². The molecule has 2 heterocycles. The summed E-state index contributed by atoms with van der Waals surface area (Å²) in [6.45, 7) is 10.6. The Bertz CT molecular complexity index is 615. The van der Waals surface area contributed by atoms with Crippen molar-refractivity contribution in [3.63, 3.8) is 0 Å². The van der Waals surface area contributed by atoms with E-state index in [0.29, 0.717) is 38.6 Å². The fraction of sp³-hybridized carbons (Fsp3) is 0.905. The van der Waals surface area contributed by atoms with E-state index in [2.05, 4.69) is 15.1 Å². The summed E-state index contributed by atoms with van der Waals surface area (Å²) in [6.07, 6.45) is -0.916. The van der Waals surface area contributed by atoms with Crippen LogP contribution in [-0.4, -0.2) is 116 Å². The van der Waals surface area contributed by atoms with Crippen LogP contribution in [0.1, 0.15) is 33.1 Å². The lowest BCUT2D eigenvalue weighted by Crippen LogP contribution is -2.56. The molecule has 1 saturated carbocycles. The van der Waals surface area contributed by atoms with E-state index in [-0.39, 0.29) is 29.9 Å². The lowest BCUT2D eigenvalue weighted by Gasteiger charge is -2.40. The van der Waals surface area contributed by atoms with E-state index in [0.717, 1.165) is 58.1 Å². The molecule has 3 fully saturated rings. The number of aliphatic imine (C=N–C) groups is 1. The fourth-order valence-electron chi connectivity index (χ4n) is 4.36. The van der Waals surface area contributed by atoms with Crippen LogP contribution >= 0.6 is 24.0 Å². The first-order valence-corrected chi connectivity index (χ1v) is 11.6. The van der Waals surface area contributed by atoms with Gasteiger partial charge in [-0.25, -0.2) is 0 Å². The molecular weight excluding hydrogens is 536 g/mol. The summed E-state index contributed by atoms with van der Waals surface area (Å²) in [7, 11) is 0. The Morgan fingerprint density at radius 2 is 1.62 bits per heavy atom. The number of nitrogens with zero attached hydrogens (tertiary/aromatic N) is 5. The summed E-state index contributed by atoms with van der Waals surface area (Å²) < 4.78 is 38.9. The minimum absolute atomic E-state index is 0. The van der Waals surface area contributed by atoms with Crippen molar-refractivity contribution in [2.75, 3.05) is 72.0 Å². The Morgan fingerprint density at radius 3 is 2.12 bits per heavy atom. The topological polar surface area (TPSA) is 54.4 Å². The second-order valence-electron chi connectivity index (χ2n) is 8.77. The van der Waals surface area contributed by atoms with E-state index in [1.54, 1.807) is 0 Å². The van der Waals surface area contributed by atoms with Crippen LogP contribution in [0.4, 0.5) is 13.2 Å². The number of halogens is 4. The van der Waals surface area contributed by atoms with E-state index < -0.39 is 12.2 Å². The first-order valence-electron chi connectivity index (χ1n) is 11.6. The summed E-state index contributed by atoms with van der Waals surface area (Å²) in [4.78, 5) is 25.0. The Hall–Kier alpha value is -0.820. The number of nitrogens with one attached hydrogen (secondary N) is 1. The molecule has 1 amide bonds. The molecule has 11 heteroatoms. The normalized spacial score (nSPS) is 22.8. The van der Waals surface area contributed by atoms with Crippen molar-refractivity contribution >= 4 is 35.8 Å². The fourth-order valence-corrected chi connectivity index (χ4v) is 4.36. The SMILES string of the molecule is CCNC(=NCCN1CCN(C(=O)C2CCC2)CC1)N1CCN(C(C)C(F)(F)F)CC1.I. The molecule has 1 aliphatic carbocycles. The van der Waals surface area contributed by atoms with Gasteiger partial charge in [-0.3, -0.25) is 19.6 Å². The van der Waals surface area contributed by atoms with Gasteiger partial charge < -0.3 is 15.1 Å². The van der Waals surface area contributed by atoms with Crippen LogP contribution in [0.15, 0.2) is 4.99 Å².